The maximum Gasteiger partial charge on any atom is 0.202 e. The molecule has 0 aromatic heterocycles. The molecule has 0 fully saturated rings. The molecule has 0 radical (unpaired) electrons. The Labute approximate surface area is 78.3 Å². The molecular formula is C6H2Br2F2O. The lowest BCUT2D eigenvalue weighted by Crippen LogP contribution is -1.86. The molecule has 0 atom stereocenters. The van der Waals surface area contributed by atoms with Crippen LogP contribution in [0, 0.1) is 11.6 Å². The quantitative estimate of drug-likeness (QED) is 0.574. The van der Waals surface area contributed by atoms with E-state index < -0.39 is 17.4 Å². The number of hydrogen-bond acceptors (Lipinski definition) is 1. The van der Waals surface area contributed by atoms with E-state index in [-0.39, 0.29) is 8.95 Å². The van der Waals surface area contributed by atoms with Crippen LogP contribution in [0.1, 0.15) is 0 Å². The summed E-state index contributed by atoms with van der Waals surface area (Å²) in [7, 11) is 0. The average Bonchev–Trinajstić information content (AvgIpc) is 1.97. The first-order valence-electron chi connectivity index (χ1n) is 2.56. The Hall–Kier alpha value is -0.160. The molecule has 0 spiro atoms. The average molecular weight is 288 g/mol. The molecule has 1 nitrogen and oxygen atoms in total. The van der Waals surface area contributed by atoms with Gasteiger partial charge in [-0.25, -0.2) is 4.39 Å². The molecule has 0 aliphatic rings. The summed E-state index contributed by atoms with van der Waals surface area (Å²) in [5.74, 6) is -3.07. The van der Waals surface area contributed by atoms with E-state index in [9.17, 15) is 8.78 Å². The van der Waals surface area contributed by atoms with E-state index in [1.165, 1.54) is 6.07 Å². The van der Waals surface area contributed by atoms with Crippen molar-refractivity contribution in [2.24, 2.45) is 0 Å². The van der Waals surface area contributed by atoms with E-state index in [0.717, 1.165) is 0 Å². The van der Waals surface area contributed by atoms with Crippen molar-refractivity contribution >= 4 is 31.9 Å². The molecule has 0 heterocycles. The van der Waals surface area contributed by atoms with Gasteiger partial charge in [-0.15, -0.1) is 0 Å². The first kappa shape index (κ1) is 8.93. The standard InChI is InChI=1S/C6H2Br2F2O/c7-2-1-3(8)6(11)5(10)4(2)9/h1,11H. The second-order valence-corrected chi connectivity index (χ2v) is 3.53. The lowest BCUT2D eigenvalue weighted by molar-refractivity contribution is 0.402. The van der Waals surface area contributed by atoms with E-state index in [2.05, 4.69) is 31.9 Å². The topological polar surface area (TPSA) is 20.2 Å². The van der Waals surface area contributed by atoms with Crippen LogP contribution in [0.2, 0.25) is 0 Å². The largest absolute Gasteiger partial charge is 0.504 e. The van der Waals surface area contributed by atoms with Gasteiger partial charge in [-0.3, -0.25) is 0 Å². The molecule has 1 rings (SSSR count). The summed E-state index contributed by atoms with van der Waals surface area (Å²) < 4.78 is 25.2. The summed E-state index contributed by atoms with van der Waals surface area (Å²) in [6.45, 7) is 0. The van der Waals surface area contributed by atoms with Crippen LogP contribution in [0.4, 0.5) is 8.78 Å². The SMILES string of the molecule is Oc1c(Br)cc(Br)c(F)c1F. The smallest absolute Gasteiger partial charge is 0.202 e. The number of hydrogen-bond donors (Lipinski definition) is 1. The molecular weight excluding hydrogens is 286 g/mol. The lowest BCUT2D eigenvalue weighted by atomic mass is 10.3. The number of rotatable bonds is 0. The van der Waals surface area contributed by atoms with Crippen LogP contribution in [-0.2, 0) is 0 Å². The Morgan fingerprint density at radius 1 is 1.09 bits per heavy atom. The first-order chi connectivity index (χ1) is 5.04. The Kier molecular flexibility index (Phi) is 2.49. The first-order valence-corrected chi connectivity index (χ1v) is 4.14. The maximum absolute atomic E-state index is 12.6. The van der Waals surface area contributed by atoms with Crippen molar-refractivity contribution in [3.63, 3.8) is 0 Å². The summed E-state index contributed by atoms with van der Waals surface area (Å²) in [4.78, 5) is 0. The molecule has 0 bridgehead atoms. The Balaban J connectivity index is 3.46. The summed E-state index contributed by atoms with van der Waals surface area (Å²) in [6, 6.07) is 1.23. The zero-order chi connectivity index (χ0) is 8.59. The van der Waals surface area contributed by atoms with Gasteiger partial charge < -0.3 is 5.11 Å². The summed E-state index contributed by atoms with van der Waals surface area (Å²) >= 11 is 5.62. The van der Waals surface area contributed by atoms with Gasteiger partial charge in [0.2, 0.25) is 5.82 Å². The number of benzene rings is 1. The van der Waals surface area contributed by atoms with E-state index in [1.54, 1.807) is 0 Å². The van der Waals surface area contributed by atoms with E-state index in [1.807, 2.05) is 0 Å². The molecule has 60 valence electrons. The number of phenols is 1. The van der Waals surface area contributed by atoms with Crippen molar-refractivity contribution in [1.82, 2.24) is 0 Å². The van der Waals surface area contributed by atoms with E-state index in [0.29, 0.717) is 0 Å². The Morgan fingerprint density at radius 2 is 1.64 bits per heavy atom. The molecule has 1 N–H and O–H groups in total. The highest BCUT2D eigenvalue weighted by atomic mass is 79.9. The monoisotopic (exact) mass is 286 g/mol. The van der Waals surface area contributed by atoms with Crippen molar-refractivity contribution in [3.8, 4) is 5.75 Å². The highest BCUT2D eigenvalue weighted by Gasteiger charge is 2.14. The van der Waals surface area contributed by atoms with Gasteiger partial charge in [0.05, 0.1) is 8.95 Å². The Morgan fingerprint density at radius 3 is 2.18 bits per heavy atom. The van der Waals surface area contributed by atoms with Gasteiger partial charge in [-0.05, 0) is 37.9 Å². The number of phenolic OH excluding ortho intramolecular Hbond substituents is 1. The zero-order valence-electron chi connectivity index (χ0n) is 5.04. The highest BCUT2D eigenvalue weighted by Crippen LogP contribution is 2.32. The Bertz CT molecular complexity index is 275. The summed E-state index contributed by atoms with van der Waals surface area (Å²) in [5, 5.41) is 8.83. The minimum atomic E-state index is -1.26. The number of aromatic hydroxyl groups is 1. The fourth-order valence-corrected chi connectivity index (χ4v) is 1.67. The maximum atomic E-state index is 12.6. The summed E-state index contributed by atoms with van der Waals surface area (Å²) in [6.07, 6.45) is 0. The van der Waals surface area contributed by atoms with Gasteiger partial charge in [0.1, 0.15) is 0 Å². The fourth-order valence-electron chi connectivity index (χ4n) is 0.557. The zero-order valence-corrected chi connectivity index (χ0v) is 8.21. The third kappa shape index (κ3) is 1.54. The van der Waals surface area contributed by atoms with Gasteiger partial charge in [0.15, 0.2) is 11.6 Å². The van der Waals surface area contributed by atoms with Crippen LogP contribution in [0.3, 0.4) is 0 Å². The molecule has 0 amide bonds. The third-order valence-electron chi connectivity index (χ3n) is 1.09. The van der Waals surface area contributed by atoms with Crippen LogP contribution < -0.4 is 0 Å². The third-order valence-corrected chi connectivity index (χ3v) is 2.27. The lowest BCUT2D eigenvalue weighted by Gasteiger charge is -2.00. The fraction of sp³-hybridized carbons (Fsp3) is 0. The van der Waals surface area contributed by atoms with Gasteiger partial charge in [-0.2, -0.15) is 4.39 Å². The summed E-state index contributed by atoms with van der Waals surface area (Å²) in [5.41, 5.74) is 0. The van der Waals surface area contributed by atoms with Crippen molar-refractivity contribution in [2.45, 2.75) is 0 Å². The molecule has 0 aliphatic heterocycles. The van der Waals surface area contributed by atoms with Crippen molar-refractivity contribution in [1.29, 1.82) is 0 Å². The van der Waals surface area contributed by atoms with Crippen molar-refractivity contribution in [2.75, 3.05) is 0 Å². The van der Waals surface area contributed by atoms with Crippen molar-refractivity contribution < 1.29 is 13.9 Å². The van der Waals surface area contributed by atoms with Crippen LogP contribution in [0.15, 0.2) is 15.0 Å². The van der Waals surface area contributed by atoms with Gasteiger partial charge in [-0.1, -0.05) is 0 Å². The second kappa shape index (κ2) is 3.06. The molecule has 0 saturated heterocycles. The normalized spacial score (nSPS) is 10.2. The van der Waals surface area contributed by atoms with Gasteiger partial charge in [0.25, 0.3) is 0 Å². The minimum Gasteiger partial charge on any atom is -0.504 e. The van der Waals surface area contributed by atoms with Crippen LogP contribution in [0.5, 0.6) is 5.75 Å². The minimum absolute atomic E-state index is 0.0281. The molecule has 0 saturated carbocycles. The molecule has 5 heteroatoms. The molecule has 11 heavy (non-hydrogen) atoms. The number of halogens is 4. The van der Waals surface area contributed by atoms with E-state index in [4.69, 9.17) is 5.11 Å². The predicted molar refractivity (Wildman–Crippen MR) is 43.4 cm³/mol. The van der Waals surface area contributed by atoms with Gasteiger partial charge in [0, 0.05) is 0 Å². The predicted octanol–water partition coefficient (Wildman–Crippen LogP) is 3.20. The van der Waals surface area contributed by atoms with Crippen LogP contribution in [0.25, 0.3) is 0 Å². The van der Waals surface area contributed by atoms with E-state index >= 15 is 0 Å². The molecule has 0 unspecified atom stereocenters. The molecule has 1 aromatic carbocycles. The van der Waals surface area contributed by atoms with Crippen molar-refractivity contribution in [3.05, 3.63) is 26.6 Å². The molecule has 0 aliphatic carbocycles. The molecule has 1 aromatic rings. The van der Waals surface area contributed by atoms with Crippen LogP contribution in [-0.4, -0.2) is 5.11 Å². The van der Waals surface area contributed by atoms with Gasteiger partial charge >= 0.3 is 0 Å². The van der Waals surface area contributed by atoms with Crippen LogP contribution >= 0.6 is 31.9 Å². The highest BCUT2D eigenvalue weighted by molar-refractivity contribution is 9.11. The second-order valence-electron chi connectivity index (χ2n) is 1.82.